The van der Waals surface area contributed by atoms with E-state index in [1.165, 1.54) is 0 Å². The first-order valence-corrected chi connectivity index (χ1v) is 7.26. The van der Waals surface area contributed by atoms with Gasteiger partial charge in [-0.25, -0.2) is 0 Å². The topological polar surface area (TPSA) is 107 Å². The number of aliphatic carboxylic acids is 2. The van der Waals surface area contributed by atoms with Gasteiger partial charge in [-0.05, 0) is 25.3 Å². The molecule has 1 amide bonds. The van der Waals surface area contributed by atoms with Gasteiger partial charge in [-0.1, -0.05) is 13.8 Å². The first-order chi connectivity index (χ1) is 9.81. The number of rotatable bonds is 7. The van der Waals surface area contributed by atoms with Crippen LogP contribution in [0.1, 0.15) is 26.7 Å². The summed E-state index contributed by atoms with van der Waals surface area (Å²) in [4.78, 5) is 35.7. The van der Waals surface area contributed by atoms with E-state index in [1.54, 1.807) is 4.90 Å². The number of likely N-dealkylation sites (tertiary alicyclic amines) is 1. The Labute approximate surface area is 124 Å². The number of carbonyl (C=O) groups excluding carboxylic acids is 1. The van der Waals surface area contributed by atoms with Crippen LogP contribution in [0.5, 0.6) is 0 Å². The molecule has 120 valence electrons. The maximum Gasteiger partial charge on any atom is 0.308 e. The van der Waals surface area contributed by atoms with Crippen LogP contribution in [-0.4, -0.2) is 59.1 Å². The van der Waals surface area contributed by atoms with Crippen LogP contribution in [0, 0.1) is 17.8 Å². The van der Waals surface area contributed by atoms with Crippen molar-refractivity contribution in [3.05, 3.63) is 0 Å². The minimum absolute atomic E-state index is 0.101. The SMILES string of the molecule is CC(C)CCNC(=O)CN1CCC(C(=O)O)C(C(=O)O)C1. The number of carbonyl (C=O) groups is 3. The second-order valence-corrected chi connectivity index (χ2v) is 5.95. The van der Waals surface area contributed by atoms with E-state index in [-0.39, 0.29) is 25.4 Å². The highest BCUT2D eigenvalue weighted by Gasteiger charge is 2.38. The molecule has 0 aliphatic carbocycles. The summed E-state index contributed by atoms with van der Waals surface area (Å²) in [6.07, 6.45) is 1.15. The quantitative estimate of drug-likeness (QED) is 0.622. The molecule has 0 bridgehead atoms. The summed E-state index contributed by atoms with van der Waals surface area (Å²) in [7, 11) is 0. The summed E-state index contributed by atoms with van der Waals surface area (Å²) >= 11 is 0. The van der Waals surface area contributed by atoms with Gasteiger partial charge in [0, 0.05) is 13.1 Å². The van der Waals surface area contributed by atoms with Gasteiger partial charge < -0.3 is 15.5 Å². The van der Waals surface area contributed by atoms with Crippen molar-refractivity contribution in [1.82, 2.24) is 10.2 Å². The van der Waals surface area contributed by atoms with Gasteiger partial charge in [0.1, 0.15) is 0 Å². The van der Waals surface area contributed by atoms with Gasteiger partial charge in [0.2, 0.25) is 5.91 Å². The lowest BCUT2D eigenvalue weighted by Gasteiger charge is -2.34. The van der Waals surface area contributed by atoms with Crippen molar-refractivity contribution >= 4 is 17.8 Å². The number of carboxylic acid groups (broad SMARTS) is 2. The summed E-state index contributed by atoms with van der Waals surface area (Å²) in [6.45, 7) is 5.39. The molecule has 1 heterocycles. The van der Waals surface area contributed by atoms with E-state index >= 15 is 0 Å². The smallest absolute Gasteiger partial charge is 0.308 e. The maximum atomic E-state index is 11.8. The molecule has 7 nitrogen and oxygen atoms in total. The zero-order chi connectivity index (χ0) is 16.0. The fraction of sp³-hybridized carbons (Fsp3) is 0.786. The molecule has 3 N–H and O–H groups in total. The third kappa shape index (κ3) is 5.71. The molecule has 21 heavy (non-hydrogen) atoms. The first-order valence-electron chi connectivity index (χ1n) is 7.26. The Bertz CT molecular complexity index is 397. The van der Waals surface area contributed by atoms with Crippen LogP contribution in [-0.2, 0) is 14.4 Å². The zero-order valence-corrected chi connectivity index (χ0v) is 12.5. The standard InChI is InChI=1S/C14H24N2O5/c1-9(2)3-5-15-12(17)8-16-6-4-10(13(18)19)11(7-16)14(20)21/h9-11H,3-8H2,1-2H3,(H,15,17)(H,18,19)(H,20,21). The van der Waals surface area contributed by atoms with E-state index in [2.05, 4.69) is 19.2 Å². The van der Waals surface area contributed by atoms with Crippen LogP contribution in [0.2, 0.25) is 0 Å². The average molecular weight is 300 g/mol. The highest BCUT2D eigenvalue weighted by atomic mass is 16.4. The van der Waals surface area contributed by atoms with E-state index in [0.717, 1.165) is 6.42 Å². The Kier molecular flexibility index (Phi) is 6.61. The van der Waals surface area contributed by atoms with Crippen LogP contribution in [0.3, 0.4) is 0 Å². The first kappa shape index (κ1) is 17.4. The molecular weight excluding hydrogens is 276 g/mol. The Morgan fingerprint density at radius 1 is 1.19 bits per heavy atom. The van der Waals surface area contributed by atoms with Crippen LogP contribution >= 0.6 is 0 Å². The predicted octanol–water partition coefficient (Wildman–Crippen LogP) is 0.256. The number of hydrogen-bond acceptors (Lipinski definition) is 4. The van der Waals surface area contributed by atoms with Crippen molar-refractivity contribution in [3.63, 3.8) is 0 Å². The van der Waals surface area contributed by atoms with Crippen molar-refractivity contribution in [2.75, 3.05) is 26.2 Å². The van der Waals surface area contributed by atoms with Crippen molar-refractivity contribution in [3.8, 4) is 0 Å². The summed E-state index contributed by atoms with van der Waals surface area (Å²) in [6, 6.07) is 0. The fourth-order valence-electron chi connectivity index (χ4n) is 2.47. The lowest BCUT2D eigenvalue weighted by molar-refractivity contribution is -0.157. The Hall–Kier alpha value is -1.63. The van der Waals surface area contributed by atoms with E-state index in [0.29, 0.717) is 19.0 Å². The molecule has 2 unspecified atom stereocenters. The van der Waals surface area contributed by atoms with Gasteiger partial charge in [-0.3, -0.25) is 19.3 Å². The third-order valence-electron chi connectivity index (χ3n) is 3.74. The second kappa shape index (κ2) is 7.97. The summed E-state index contributed by atoms with van der Waals surface area (Å²) in [5.41, 5.74) is 0. The lowest BCUT2D eigenvalue weighted by atomic mass is 9.85. The second-order valence-electron chi connectivity index (χ2n) is 5.95. The van der Waals surface area contributed by atoms with Crippen LogP contribution < -0.4 is 5.32 Å². The van der Waals surface area contributed by atoms with Crippen LogP contribution in [0.4, 0.5) is 0 Å². The summed E-state index contributed by atoms with van der Waals surface area (Å²) in [5, 5.41) is 20.9. The van der Waals surface area contributed by atoms with Crippen molar-refractivity contribution in [2.24, 2.45) is 17.8 Å². The number of hydrogen-bond donors (Lipinski definition) is 3. The molecule has 1 fully saturated rings. The molecule has 0 aromatic heterocycles. The lowest BCUT2D eigenvalue weighted by Crippen LogP contribution is -2.49. The average Bonchev–Trinajstić information content (AvgIpc) is 2.37. The minimum Gasteiger partial charge on any atom is -0.481 e. The number of carboxylic acids is 2. The molecule has 1 saturated heterocycles. The molecule has 1 aliphatic rings. The zero-order valence-electron chi connectivity index (χ0n) is 12.5. The van der Waals surface area contributed by atoms with Gasteiger partial charge in [0.25, 0.3) is 0 Å². The molecule has 1 rings (SSSR count). The summed E-state index contributed by atoms with van der Waals surface area (Å²) in [5.74, 6) is -3.67. The third-order valence-corrected chi connectivity index (χ3v) is 3.74. The Balaban J connectivity index is 2.45. The summed E-state index contributed by atoms with van der Waals surface area (Å²) < 4.78 is 0. The maximum absolute atomic E-state index is 11.8. The van der Waals surface area contributed by atoms with Gasteiger partial charge in [0.05, 0.1) is 18.4 Å². The molecule has 0 saturated carbocycles. The monoisotopic (exact) mass is 300 g/mol. The van der Waals surface area contributed by atoms with Gasteiger partial charge >= 0.3 is 11.9 Å². The predicted molar refractivity (Wildman–Crippen MR) is 75.8 cm³/mol. The number of amides is 1. The van der Waals surface area contributed by atoms with E-state index in [1.807, 2.05) is 0 Å². The van der Waals surface area contributed by atoms with Crippen LogP contribution in [0.15, 0.2) is 0 Å². The Morgan fingerprint density at radius 2 is 1.81 bits per heavy atom. The van der Waals surface area contributed by atoms with Crippen molar-refractivity contribution in [1.29, 1.82) is 0 Å². The normalized spacial score (nSPS) is 23.0. The largest absolute Gasteiger partial charge is 0.481 e. The van der Waals surface area contributed by atoms with Crippen molar-refractivity contribution < 1.29 is 24.6 Å². The van der Waals surface area contributed by atoms with Crippen LogP contribution in [0.25, 0.3) is 0 Å². The molecule has 0 aromatic rings. The van der Waals surface area contributed by atoms with E-state index in [4.69, 9.17) is 10.2 Å². The molecule has 0 spiro atoms. The highest BCUT2D eigenvalue weighted by Crippen LogP contribution is 2.24. The van der Waals surface area contributed by atoms with E-state index in [9.17, 15) is 14.4 Å². The fourth-order valence-corrected chi connectivity index (χ4v) is 2.47. The molecule has 1 aliphatic heterocycles. The van der Waals surface area contributed by atoms with Gasteiger partial charge in [-0.15, -0.1) is 0 Å². The molecular formula is C14H24N2O5. The Morgan fingerprint density at radius 3 is 2.33 bits per heavy atom. The van der Waals surface area contributed by atoms with E-state index < -0.39 is 23.8 Å². The molecule has 2 atom stereocenters. The number of nitrogens with one attached hydrogen (secondary N) is 1. The number of piperidine rings is 1. The van der Waals surface area contributed by atoms with Gasteiger partial charge in [0.15, 0.2) is 0 Å². The molecule has 0 aromatic carbocycles. The molecule has 7 heteroatoms. The highest BCUT2D eigenvalue weighted by molar-refractivity contribution is 5.81. The van der Waals surface area contributed by atoms with Crippen molar-refractivity contribution in [2.45, 2.75) is 26.7 Å². The minimum atomic E-state index is -1.12. The number of nitrogens with zero attached hydrogens (tertiary/aromatic N) is 1. The molecule has 0 radical (unpaired) electrons. The van der Waals surface area contributed by atoms with Gasteiger partial charge in [-0.2, -0.15) is 0 Å².